The molecule has 2 rings (SSSR count). The average Bonchev–Trinajstić information content (AvgIpc) is 2.75. The first-order chi connectivity index (χ1) is 8.69. The molecule has 0 saturated carbocycles. The predicted molar refractivity (Wildman–Crippen MR) is 71.7 cm³/mol. The van der Waals surface area contributed by atoms with Crippen molar-refractivity contribution < 1.29 is 4.42 Å². The third-order valence-electron chi connectivity index (χ3n) is 2.56. The van der Waals surface area contributed by atoms with Crippen LogP contribution >= 0.6 is 11.8 Å². The standard InChI is InChI=1S/C13H17N3OS/c1-4-14-10(3)11-5-6-15-12(7-11)18-13-16-9(2)8-17-13/h5-8,10,14H,4H2,1-3H3. The molecule has 2 aromatic rings. The summed E-state index contributed by atoms with van der Waals surface area (Å²) in [6, 6.07) is 4.42. The van der Waals surface area contributed by atoms with E-state index in [4.69, 9.17) is 4.42 Å². The summed E-state index contributed by atoms with van der Waals surface area (Å²) < 4.78 is 5.31. The minimum atomic E-state index is 0.323. The summed E-state index contributed by atoms with van der Waals surface area (Å²) in [7, 11) is 0. The van der Waals surface area contributed by atoms with E-state index in [2.05, 4.69) is 35.2 Å². The largest absolute Gasteiger partial charge is 0.439 e. The van der Waals surface area contributed by atoms with Crippen LogP contribution in [0.1, 0.15) is 31.1 Å². The van der Waals surface area contributed by atoms with Crippen LogP contribution in [0.3, 0.4) is 0 Å². The van der Waals surface area contributed by atoms with Gasteiger partial charge >= 0.3 is 0 Å². The first-order valence-corrected chi connectivity index (χ1v) is 6.80. The molecule has 1 atom stereocenters. The van der Waals surface area contributed by atoms with Crippen molar-refractivity contribution in [3.05, 3.63) is 35.9 Å². The normalized spacial score (nSPS) is 12.6. The van der Waals surface area contributed by atoms with Gasteiger partial charge in [0.05, 0.1) is 5.69 Å². The molecule has 0 fully saturated rings. The third-order valence-corrected chi connectivity index (χ3v) is 3.35. The number of hydrogen-bond donors (Lipinski definition) is 1. The van der Waals surface area contributed by atoms with Gasteiger partial charge < -0.3 is 9.73 Å². The van der Waals surface area contributed by atoms with Crippen LogP contribution < -0.4 is 5.32 Å². The Bertz CT molecular complexity index is 512. The Hall–Kier alpha value is -1.33. The van der Waals surface area contributed by atoms with Gasteiger partial charge in [0.1, 0.15) is 11.3 Å². The third kappa shape index (κ3) is 3.34. The van der Waals surface area contributed by atoms with Gasteiger partial charge in [-0.25, -0.2) is 9.97 Å². The van der Waals surface area contributed by atoms with Gasteiger partial charge in [0.15, 0.2) is 0 Å². The van der Waals surface area contributed by atoms with Crippen molar-refractivity contribution in [2.75, 3.05) is 6.54 Å². The monoisotopic (exact) mass is 263 g/mol. The Kier molecular flexibility index (Phi) is 4.38. The first kappa shape index (κ1) is 13.1. The molecule has 0 bridgehead atoms. The summed E-state index contributed by atoms with van der Waals surface area (Å²) in [4.78, 5) is 8.58. The fraction of sp³-hybridized carbons (Fsp3) is 0.385. The van der Waals surface area contributed by atoms with Crippen molar-refractivity contribution in [2.24, 2.45) is 0 Å². The second kappa shape index (κ2) is 6.02. The van der Waals surface area contributed by atoms with Crippen LogP contribution in [-0.2, 0) is 0 Å². The zero-order valence-corrected chi connectivity index (χ0v) is 11.6. The molecule has 0 aliphatic heterocycles. The number of aromatic nitrogens is 2. The maximum Gasteiger partial charge on any atom is 0.262 e. The molecule has 1 unspecified atom stereocenters. The molecule has 5 heteroatoms. The van der Waals surface area contributed by atoms with E-state index >= 15 is 0 Å². The number of oxazole rings is 1. The Balaban J connectivity index is 2.12. The minimum Gasteiger partial charge on any atom is -0.439 e. The van der Waals surface area contributed by atoms with E-state index in [1.807, 2.05) is 19.2 Å². The van der Waals surface area contributed by atoms with Gasteiger partial charge in [-0.2, -0.15) is 0 Å². The molecule has 1 N–H and O–H groups in total. The zero-order valence-electron chi connectivity index (χ0n) is 10.8. The number of aryl methyl sites for hydroxylation is 1. The highest BCUT2D eigenvalue weighted by molar-refractivity contribution is 7.99. The smallest absolute Gasteiger partial charge is 0.262 e. The predicted octanol–water partition coefficient (Wildman–Crippen LogP) is 3.20. The van der Waals surface area contributed by atoms with E-state index < -0.39 is 0 Å². The van der Waals surface area contributed by atoms with E-state index in [1.54, 1.807) is 6.26 Å². The quantitative estimate of drug-likeness (QED) is 0.897. The molecule has 2 heterocycles. The second-order valence-electron chi connectivity index (χ2n) is 4.06. The Morgan fingerprint density at radius 3 is 3.00 bits per heavy atom. The van der Waals surface area contributed by atoms with Crippen molar-refractivity contribution in [3.63, 3.8) is 0 Å². The van der Waals surface area contributed by atoms with Gasteiger partial charge in [-0.15, -0.1) is 0 Å². The molecule has 0 aromatic carbocycles. The van der Waals surface area contributed by atoms with Gasteiger partial charge in [0.25, 0.3) is 5.22 Å². The Morgan fingerprint density at radius 1 is 1.50 bits per heavy atom. The van der Waals surface area contributed by atoms with E-state index in [-0.39, 0.29) is 0 Å². The second-order valence-corrected chi connectivity index (χ2v) is 5.04. The molecule has 0 aliphatic carbocycles. The number of nitrogens with zero attached hydrogens (tertiary/aromatic N) is 2. The molecule has 0 spiro atoms. The first-order valence-electron chi connectivity index (χ1n) is 5.98. The fourth-order valence-corrected chi connectivity index (χ4v) is 2.42. The number of rotatable bonds is 5. The molecule has 4 nitrogen and oxygen atoms in total. The highest BCUT2D eigenvalue weighted by Crippen LogP contribution is 2.26. The lowest BCUT2D eigenvalue weighted by molar-refractivity contribution is 0.453. The van der Waals surface area contributed by atoms with Gasteiger partial charge in [-0.05, 0) is 49.9 Å². The summed E-state index contributed by atoms with van der Waals surface area (Å²) in [5.41, 5.74) is 2.10. The van der Waals surface area contributed by atoms with Crippen LogP contribution in [0, 0.1) is 6.92 Å². The highest BCUT2D eigenvalue weighted by Gasteiger charge is 2.08. The maximum atomic E-state index is 5.31. The Morgan fingerprint density at radius 2 is 2.33 bits per heavy atom. The fourth-order valence-electron chi connectivity index (χ4n) is 1.64. The van der Waals surface area contributed by atoms with Gasteiger partial charge in [-0.3, -0.25) is 0 Å². The lowest BCUT2D eigenvalue weighted by atomic mass is 10.1. The van der Waals surface area contributed by atoms with E-state index in [0.717, 1.165) is 17.3 Å². The summed E-state index contributed by atoms with van der Waals surface area (Å²) >= 11 is 1.44. The van der Waals surface area contributed by atoms with Crippen LogP contribution in [0.2, 0.25) is 0 Å². The lowest BCUT2D eigenvalue weighted by Gasteiger charge is -2.12. The van der Waals surface area contributed by atoms with Gasteiger partial charge in [0.2, 0.25) is 0 Å². The van der Waals surface area contributed by atoms with Crippen LogP contribution in [-0.4, -0.2) is 16.5 Å². The number of hydrogen-bond acceptors (Lipinski definition) is 5. The van der Waals surface area contributed by atoms with Crippen LogP contribution in [0.4, 0.5) is 0 Å². The molecule has 0 amide bonds. The summed E-state index contributed by atoms with van der Waals surface area (Å²) in [6.45, 7) is 7.10. The molecule has 0 aliphatic rings. The zero-order chi connectivity index (χ0) is 13.0. The highest BCUT2D eigenvalue weighted by atomic mass is 32.2. The molecule has 0 radical (unpaired) electrons. The molecule has 18 heavy (non-hydrogen) atoms. The molecule has 2 aromatic heterocycles. The minimum absolute atomic E-state index is 0.323. The van der Waals surface area contributed by atoms with Crippen LogP contribution in [0.25, 0.3) is 0 Å². The number of pyridine rings is 1. The van der Waals surface area contributed by atoms with Crippen molar-refractivity contribution in [1.29, 1.82) is 0 Å². The van der Waals surface area contributed by atoms with Crippen LogP contribution in [0.5, 0.6) is 0 Å². The van der Waals surface area contributed by atoms with Crippen molar-refractivity contribution >= 4 is 11.8 Å². The van der Waals surface area contributed by atoms with E-state index in [1.165, 1.54) is 17.3 Å². The lowest BCUT2D eigenvalue weighted by Crippen LogP contribution is -2.17. The van der Waals surface area contributed by atoms with Crippen LogP contribution in [0.15, 0.2) is 39.3 Å². The van der Waals surface area contributed by atoms with Gasteiger partial charge in [-0.1, -0.05) is 6.92 Å². The molecule has 0 saturated heterocycles. The van der Waals surface area contributed by atoms with Crippen molar-refractivity contribution in [3.8, 4) is 0 Å². The average molecular weight is 263 g/mol. The van der Waals surface area contributed by atoms with Crippen molar-refractivity contribution in [1.82, 2.24) is 15.3 Å². The summed E-state index contributed by atoms with van der Waals surface area (Å²) in [5.74, 6) is 0. The van der Waals surface area contributed by atoms with E-state index in [0.29, 0.717) is 11.3 Å². The Labute approximate surface area is 111 Å². The van der Waals surface area contributed by atoms with E-state index in [9.17, 15) is 0 Å². The molecular weight excluding hydrogens is 246 g/mol. The van der Waals surface area contributed by atoms with Gasteiger partial charge in [0, 0.05) is 12.2 Å². The number of nitrogens with one attached hydrogen (secondary N) is 1. The van der Waals surface area contributed by atoms with Crippen molar-refractivity contribution in [2.45, 2.75) is 37.1 Å². The SMILES string of the molecule is CCNC(C)c1ccnc(Sc2nc(C)co2)c1. The molecular formula is C13H17N3OS. The summed E-state index contributed by atoms with van der Waals surface area (Å²) in [6.07, 6.45) is 3.47. The summed E-state index contributed by atoms with van der Waals surface area (Å²) in [5, 5.41) is 4.92. The topological polar surface area (TPSA) is 51.0 Å². The maximum absolute atomic E-state index is 5.31. The molecule has 96 valence electrons.